The van der Waals surface area contributed by atoms with Gasteiger partial charge in [0.25, 0.3) is 5.56 Å². The number of hydrogen-bond donors (Lipinski definition) is 1. The topological polar surface area (TPSA) is 85.7 Å². The van der Waals surface area contributed by atoms with Crippen LogP contribution >= 0.6 is 0 Å². The van der Waals surface area contributed by atoms with Crippen molar-refractivity contribution in [3.63, 3.8) is 0 Å². The van der Waals surface area contributed by atoms with Gasteiger partial charge in [0.05, 0.1) is 42.5 Å². The van der Waals surface area contributed by atoms with Gasteiger partial charge in [0.1, 0.15) is 17.3 Å². The highest BCUT2D eigenvalue weighted by Gasteiger charge is 2.27. The average Bonchev–Trinajstić information content (AvgIpc) is 2.89. The van der Waals surface area contributed by atoms with Gasteiger partial charge in [-0.05, 0) is 50.2 Å². The number of methoxy groups -OCH3 is 2. The van der Waals surface area contributed by atoms with Gasteiger partial charge in [-0.15, -0.1) is 0 Å². The Bertz CT molecular complexity index is 1420. The summed E-state index contributed by atoms with van der Waals surface area (Å²) in [7, 11) is 3.11. The van der Waals surface area contributed by atoms with Crippen molar-refractivity contribution in [1.82, 2.24) is 14.5 Å². The number of para-hydroxylation sites is 5. The van der Waals surface area contributed by atoms with Crippen LogP contribution in [0.1, 0.15) is 25.7 Å². The molecule has 8 heteroatoms. The summed E-state index contributed by atoms with van der Waals surface area (Å²) in [5.74, 6) is 1.51. The van der Waals surface area contributed by atoms with Crippen LogP contribution in [-0.2, 0) is 0 Å². The molecule has 1 heterocycles. The van der Waals surface area contributed by atoms with Crippen molar-refractivity contribution < 1.29 is 14.3 Å². The number of fused-ring (bicyclic) bond motifs is 1. The van der Waals surface area contributed by atoms with Gasteiger partial charge in [-0.1, -0.05) is 36.4 Å². The maximum absolute atomic E-state index is 13.7. The molecule has 0 saturated heterocycles. The second-order valence-corrected chi connectivity index (χ2v) is 7.89. The van der Waals surface area contributed by atoms with E-state index in [0.717, 1.165) is 0 Å². The van der Waals surface area contributed by atoms with Crippen LogP contribution in [0.2, 0.25) is 0 Å². The van der Waals surface area contributed by atoms with Crippen LogP contribution in [0, 0.1) is 0 Å². The van der Waals surface area contributed by atoms with Crippen molar-refractivity contribution >= 4 is 22.6 Å². The molecule has 0 bridgehead atoms. The number of carbonyl (C=O) groups is 1. The van der Waals surface area contributed by atoms with Crippen molar-refractivity contribution in [1.29, 1.82) is 0 Å². The minimum atomic E-state index is -0.545. The van der Waals surface area contributed by atoms with E-state index in [0.29, 0.717) is 46.1 Å². The van der Waals surface area contributed by atoms with Crippen molar-refractivity contribution in [2.45, 2.75) is 19.9 Å². The second-order valence-electron chi connectivity index (χ2n) is 7.89. The molecule has 0 fully saturated rings. The number of amides is 2. The van der Waals surface area contributed by atoms with E-state index >= 15 is 0 Å². The minimum absolute atomic E-state index is 0.233. The molecule has 0 spiro atoms. The lowest BCUT2D eigenvalue weighted by Crippen LogP contribution is -2.39. The van der Waals surface area contributed by atoms with Crippen molar-refractivity contribution in [3.8, 4) is 17.2 Å². The fraction of sp³-hybridized carbons (Fsp3) is 0.222. The Morgan fingerprint density at radius 2 is 1.60 bits per heavy atom. The third-order valence-electron chi connectivity index (χ3n) is 5.92. The number of ether oxygens (including phenoxy) is 2. The van der Waals surface area contributed by atoms with Crippen LogP contribution in [0.5, 0.6) is 11.5 Å². The van der Waals surface area contributed by atoms with Gasteiger partial charge in [-0.3, -0.25) is 9.36 Å². The van der Waals surface area contributed by atoms with E-state index in [9.17, 15) is 9.59 Å². The molecule has 0 saturated carbocycles. The standard InChI is InChI=1S/C27H28N4O4/c1-5-30(27(33)29-21-14-8-10-16-23(21)34-3)18(2)25-28-20-13-7-6-12-19(20)26(32)31(25)22-15-9-11-17-24(22)35-4/h6-18H,5H2,1-4H3,(H,29,33). The van der Waals surface area contributed by atoms with Gasteiger partial charge < -0.3 is 19.7 Å². The van der Waals surface area contributed by atoms with Crippen LogP contribution in [0.25, 0.3) is 16.6 Å². The zero-order valence-electron chi connectivity index (χ0n) is 20.2. The SMILES string of the molecule is CCN(C(=O)Nc1ccccc1OC)C(C)c1nc2ccccc2c(=O)n1-c1ccccc1OC. The van der Waals surface area contributed by atoms with E-state index < -0.39 is 6.04 Å². The zero-order chi connectivity index (χ0) is 24.9. The number of hydrogen-bond acceptors (Lipinski definition) is 5. The molecule has 1 unspecified atom stereocenters. The molecule has 4 rings (SSSR count). The van der Waals surface area contributed by atoms with Gasteiger partial charge in [0.15, 0.2) is 0 Å². The lowest BCUT2D eigenvalue weighted by Gasteiger charge is -2.30. The number of aromatic nitrogens is 2. The highest BCUT2D eigenvalue weighted by molar-refractivity contribution is 5.91. The van der Waals surface area contributed by atoms with Gasteiger partial charge in [-0.2, -0.15) is 0 Å². The Balaban J connectivity index is 1.84. The first kappa shape index (κ1) is 23.8. The number of nitrogens with one attached hydrogen (secondary N) is 1. The molecule has 1 aromatic heterocycles. The van der Waals surface area contributed by atoms with Gasteiger partial charge in [0.2, 0.25) is 0 Å². The molecule has 0 aliphatic rings. The molecule has 8 nitrogen and oxygen atoms in total. The summed E-state index contributed by atoms with van der Waals surface area (Å²) in [5, 5.41) is 3.40. The molecule has 1 atom stereocenters. The number of rotatable bonds is 7. The fourth-order valence-electron chi connectivity index (χ4n) is 4.15. The molecular weight excluding hydrogens is 444 g/mol. The molecule has 0 radical (unpaired) electrons. The number of nitrogens with zero attached hydrogens (tertiary/aromatic N) is 3. The maximum Gasteiger partial charge on any atom is 0.322 e. The molecule has 0 aliphatic heterocycles. The summed E-state index contributed by atoms with van der Waals surface area (Å²) in [4.78, 5) is 33.5. The van der Waals surface area contributed by atoms with Gasteiger partial charge in [-0.25, -0.2) is 9.78 Å². The molecule has 3 aromatic carbocycles. The molecule has 35 heavy (non-hydrogen) atoms. The van der Waals surface area contributed by atoms with Crippen LogP contribution < -0.4 is 20.3 Å². The predicted octanol–water partition coefficient (Wildman–Crippen LogP) is 5.02. The van der Waals surface area contributed by atoms with E-state index in [-0.39, 0.29) is 11.6 Å². The van der Waals surface area contributed by atoms with E-state index in [1.54, 1.807) is 61.6 Å². The third-order valence-corrected chi connectivity index (χ3v) is 5.92. The van der Waals surface area contributed by atoms with E-state index in [4.69, 9.17) is 14.5 Å². The van der Waals surface area contributed by atoms with E-state index in [1.807, 2.05) is 44.2 Å². The normalized spacial score (nSPS) is 11.7. The molecule has 2 amide bonds. The second kappa shape index (κ2) is 10.3. The highest BCUT2D eigenvalue weighted by Crippen LogP contribution is 2.29. The van der Waals surface area contributed by atoms with Gasteiger partial charge in [0, 0.05) is 6.54 Å². The Hall–Kier alpha value is -4.33. The lowest BCUT2D eigenvalue weighted by atomic mass is 10.2. The average molecular weight is 473 g/mol. The first-order valence-electron chi connectivity index (χ1n) is 11.4. The Kier molecular flexibility index (Phi) is 7.01. The largest absolute Gasteiger partial charge is 0.495 e. The van der Waals surface area contributed by atoms with Crippen molar-refractivity contribution in [2.75, 3.05) is 26.1 Å². The maximum atomic E-state index is 13.7. The van der Waals surface area contributed by atoms with Crippen LogP contribution in [0.15, 0.2) is 77.6 Å². The van der Waals surface area contributed by atoms with E-state index in [1.165, 1.54) is 4.57 Å². The summed E-state index contributed by atoms with van der Waals surface area (Å²) in [6.07, 6.45) is 0. The molecule has 1 N–H and O–H groups in total. The number of benzene rings is 3. The van der Waals surface area contributed by atoms with E-state index in [2.05, 4.69) is 5.32 Å². The molecule has 180 valence electrons. The quantitative estimate of drug-likeness (QED) is 0.408. The Morgan fingerprint density at radius 3 is 2.31 bits per heavy atom. The summed E-state index contributed by atoms with van der Waals surface area (Å²) in [6.45, 7) is 4.12. The number of urea groups is 1. The zero-order valence-corrected chi connectivity index (χ0v) is 20.2. The van der Waals surface area contributed by atoms with Crippen molar-refractivity contribution in [3.05, 3.63) is 89.0 Å². The third kappa shape index (κ3) is 4.55. The smallest absolute Gasteiger partial charge is 0.322 e. The first-order chi connectivity index (χ1) is 17.0. The minimum Gasteiger partial charge on any atom is -0.495 e. The monoisotopic (exact) mass is 472 g/mol. The van der Waals surface area contributed by atoms with Crippen LogP contribution in [0.4, 0.5) is 10.5 Å². The predicted molar refractivity (Wildman–Crippen MR) is 137 cm³/mol. The molecular formula is C27H28N4O4. The highest BCUT2D eigenvalue weighted by atomic mass is 16.5. The van der Waals surface area contributed by atoms with Crippen LogP contribution in [0.3, 0.4) is 0 Å². The Labute approximate surface area is 203 Å². The molecule has 0 aliphatic carbocycles. The van der Waals surface area contributed by atoms with Gasteiger partial charge >= 0.3 is 6.03 Å². The number of anilines is 1. The van der Waals surface area contributed by atoms with Crippen molar-refractivity contribution in [2.24, 2.45) is 0 Å². The lowest BCUT2D eigenvalue weighted by molar-refractivity contribution is 0.193. The van der Waals surface area contributed by atoms with Crippen LogP contribution in [-0.4, -0.2) is 41.2 Å². The summed E-state index contributed by atoms with van der Waals surface area (Å²) < 4.78 is 12.4. The Morgan fingerprint density at radius 1 is 0.971 bits per heavy atom. The molecule has 4 aromatic rings. The summed E-state index contributed by atoms with van der Waals surface area (Å²) in [6, 6.07) is 20.8. The summed E-state index contributed by atoms with van der Waals surface area (Å²) >= 11 is 0. The fourth-order valence-corrected chi connectivity index (χ4v) is 4.15. The summed E-state index contributed by atoms with van der Waals surface area (Å²) in [5.41, 5.74) is 1.44. The first-order valence-corrected chi connectivity index (χ1v) is 11.4. The number of carbonyl (C=O) groups excluding carboxylic acids is 1.